The van der Waals surface area contributed by atoms with Gasteiger partial charge in [-0.25, -0.2) is 0 Å². The highest BCUT2D eigenvalue weighted by Crippen LogP contribution is 2.16. The average molecular weight is 295 g/mol. The van der Waals surface area contributed by atoms with Crippen molar-refractivity contribution in [2.24, 2.45) is 0 Å². The van der Waals surface area contributed by atoms with Crippen LogP contribution in [0.1, 0.15) is 18.4 Å². The number of benzene rings is 1. The molecule has 0 saturated carbocycles. The molecule has 100 valence electrons. The van der Waals surface area contributed by atoms with Crippen LogP contribution in [-0.2, 0) is 4.79 Å². The molecular formula is C14H15ClN2OS. The molecule has 1 N–H and O–H groups in total. The Morgan fingerprint density at radius 3 is 2.68 bits per heavy atom. The van der Waals surface area contributed by atoms with Gasteiger partial charge in [0.2, 0.25) is 5.91 Å². The second-order valence-electron chi connectivity index (χ2n) is 4.34. The van der Waals surface area contributed by atoms with E-state index in [0.29, 0.717) is 10.1 Å². The van der Waals surface area contributed by atoms with E-state index in [4.69, 9.17) is 23.8 Å². The second kappa shape index (κ2) is 6.68. The van der Waals surface area contributed by atoms with Gasteiger partial charge in [0.1, 0.15) is 0 Å². The Bertz CT molecular complexity index is 510. The summed E-state index contributed by atoms with van der Waals surface area (Å²) in [5, 5.41) is 3.83. The number of nitrogens with one attached hydrogen (secondary N) is 1. The highest BCUT2D eigenvalue weighted by atomic mass is 35.5. The van der Waals surface area contributed by atoms with Crippen molar-refractivity contribution in [2.45, 2.75) is 12.8 Å². The van der Waals surface area contributed by atoms with Crippen molar-refractivity contribution in [3.63, 3.8) is 0 Å². The first-order valence-corrected chi connectivity index (χ1v) is 6.98. The van der Waals surface area contributed by atoms with Gasteiger partial charge in [0.15, 0.2) is 5.11 Å². The molecule has 0 radical (unpaired) electrons. The predicted molar refractivity (Wildman–Crippen MR) is 82.0 cm³/mol. The first kappa shape index (κ1) is 14.0. The van der Waals surface area contributed by atoms with Crippen molar-refractivity contribution in [1.82, 2.24) is 10.2 Å². The fraction of sp³-hybridized carbons (Fsp3) is 0.286. The van der Waals surface area contributed by atoms with Gasteiger partial charge in [0.25, 0.3) is 0 Å². The average Bonchev–Trinajstić information content (AvgIpc) is 2.91. The van der Waals surface area contributed by atoms with Gasteiger partial charge in [-0.15, -0.1) is 0 Å². The lowest BCUT2D eigenvalue weighted by atomic mass is 10.2. The zero-order valence-electron chi connectivity index (χ0n) is 10.4. The zero-order valence-corrected chi connectivity index (χ0v) is 12.0. The summed E-state index contributed by atoms with van der Waals surface area (Å²) in [6.07, 6.45) is 5.39. The molecule has 19 heavy (non-hydrogen) atoms. The number of rotatable bonds is 2. The van der Waals surface area contributed by atoms with Gasteiger partial charge >= 0.3 is 0 Å². The number of likely N-dealkylation sites (tertiary alicyclic amines) is 1. The van der Waals surface area contributed by atoms with Crippen LogP contribution in [0.3, 0.4) is 0 Å². The lowest BCUT2D eigenvalue weighted by Crippen LogP contribution is -2.40. The molecule has 1 aliphatic heterocycles. The number of hydrogen-bond acceptors (Lipinski definition) is 2. The summed E-state index contributed by atoms with van der Waals surface area (Å²) in [5.41, 5.74) is 0.811. The highest BCUT2D eigenvalue weighted by molar-refractivity contribution is 7.80. The van der Waals surface area contributed by atoms with E-state index in [2.05, 4.69) is 5.32 Å². The first-order valence-electron chi connectivity index (χ1n) is 6.19. The van der Waals surface area contributed by atoms with Crippen LogP contribution in [0.4, 0.5) is 0 Å². The van der Waals surface area contributed by atoms with Crippen molar-refractivity contribution in [1.29, 1.82) is 0 Å². The molecule has 2 rings (SSSR count). The van der Waals surface area contributed by atoms with E-state index in [1.54, 1.807) is 12.1 Å². The summed E-state index contributed by atoms with van der Waals surface area (Å²) in [5.74, 6) is -0.225. The SMILES string of the molecule is O=C(/C=C/c1ccccc1Cl)NC(=S)N1CCCC1. The molecule has 1 aromatic carbocycles. The molecule has 1 heterocycles. The van der Waals surface area contributed by atoms with Gasteiger partial charge < -0.3 is 4.90 Å². The zero-order chi connectivity index (χ0) is 13.7. The number of hydrogen-bond donors (Lipinski definition) is 1. The number of carbonyl (C=O) groups is 1. The minimum Gasteiger partial charge on any atom is -0.349 e. The number of amides is 1. The summed E-state index contributed by atoms with van der Waals surface area (Å²) in [6.45, 7) is 1.85. The summed E-state index contributed by atoms with van der Waals surface area (Å²) in [7, 11) is 0. The Hall–Kier alpha value is -1.39. The van der Waals surface area contributed by atoms with Crippen LogP contribution in [0.15, 0.2) is 30.3 Å². The van der Waals surface area contributed by atoms with Gasteiger partial charge in [-0.3, -0.25) is 10.1 Å². The van der Waals surface area contributed by atoms with Crippen LogP contribution >= 0.6 is 23.8 Å². The molecule has 1 aliphatic rings. The molecule has 1 saturated heterocycles. The molecule has 0 atom stereocenters. The van der Waals surface area contributed by atoms with Crippen molar-refractivity contribution in [2.75, 3.05) is 13.1 Å². The second-order valence-corrected chi connectivity index (χ2v) is 5.14. The maximum atomic E-state index is 11.7. The molecule has 0 bridgehead atoms. The summed E-state index contributed by atoms with van der Waals surface area (Å²) < 4.78 is 0. The third-order valence-corrected chi connectivity index (χ3v) is 3.65. The van der Waals surface area contributed by atoms with Gasteiger partial charge in [0.05, 0.1) is 0 Å². The molecule has 1 amide bonds. The van der Waals surface area contributed by atoms with E-state index in [1.807, 2.05) is 23.1 Å². The van der Waals surface area contributed by atoms with E-state index in [9.17, 15) is 4.79 Å². The number of nitrogens with zero attached hydrogens (tertiary/aromatic N) is 1. The van der Waals surface area contributed by atoms with E-state index in [1.165, 1.54) is 6.08 Å². The van der Waals surface area contributed by atoms with Gasteiger partial charge in [-0.05, 0) is 42.8 Å². The topological polar surface area (TPSA) is 32.3 Å². The summed E-state index contributed by atoms with van der Waals surface area (Å²) in [4.78, 5) is 13.8. The maximum absolute atomic E-state index is 11.7. The lowest BCUT2D eigenvalue weighted by molar-refractivity contribution is -0.115. The van der Waals surface area contributed by atoms with Crippen LogP contribution in [0.2, 0.25) is 5.02 Å². The maximum Gasteiger partial charge on any atom is 0.250 e. The Labute approximate surface area is 123 Å². The molecule has 3 nitrogen and oxygen atoms in total. The van der Waals surface area contributed by atoms with Crippen molar-refractivity contribution in [3.05, 3.63) is 40.9 Å². The molecule has 1 fully saturated rings. The Morgan fingerprint density at radius 2 is 2.00 bits per heavy atom. The molecule has 0 aromatic heterocycles. The lowest BCUT2D eigenvalue weighted by Gasteiger charge is -2.17. The van der Waals surface area contributed by atoms with Gasteiger partial charge in [-0.2, -0.15) is 0 Å². The first-order chi connectivity index (χ1) is 9.16. The minimum absolute atomic E-state index is 0.225. The van der Waals surface area contributed by atoms with Gasteiger partial charge in [0, 0.05) is 24.2 Å². The van der Waals surface area contributed by atoms with Crippen LogP contribution in [0.5, 0.6) is 0 Å². The Kier molecular flexibility index (Phi) is 4.93. The number of carbonyl (C=O) groups excluding carboxylic acids is 1. The standard InChI is InChI=1S/C14H15ClN2OS/c15-12-6-2-1-5-11(12)7-8-13(18)16-14(19)17-9-3-4-10-17/h1-2,5-8H,3-4,9-10H2,(H,16,18,19)/b8-7+. The Balaban J connectivity index is 1.90. The van der Waals surface area contributed by atoms with Crippen LogP contribution in [0.25, 0.3) is 6.08 Å². The summed E-state index contributed by atoms with van der Waals surface area (Å²) >= 11 is 11.2. The fourth-order valence-electron chi connectivity index (χ4n) is 1.92. The highest BCUT2D eigenvalue weighted by Gasteiger charge is 2.15. The Morgan fingerprint density at radius 1 is 1.32 bits per heavy atom. The third-order valence-electron chi connectivity index (χ3n) is 2.94. The van der Waals surface area contributed by atoms with E-state index in [0.717, 1.165) is 31.5 Å². The quantitative estimate of drug-likeness (QED) is 0.672. The number of halogens is 1. The van der Waals surface area contributed by atoms with Crippen molar-refractivity contribution in [3.8, 4) is 0 Å². The number of thiocarbonyl (C=S) groups is 1. The molecule has 1 aromatic rings. The van der Waals surface area contributed by atoms with E-state index in [-0.39, 0.29) is 5.91 Å². The monoisotopic (exact) mass is 294 g/mol. The van der Waals surface area contributed by atoms with Crippen molar-refractivity contribution < 1.29 is 4.79 Å². The van der Waals surface area contributed by atoms with Crippen LogP contribution in [-0.4, -0.2) is 29.0 Å². The van der Waals surface area contributed by atoms with Gasteiger partial charge in [-0.1, -0.05) is 29.8 Å². The third kappa shape index (κ3) is 4.04. The molecule has 5 heteroatoms. The van der Waals surface area contributed by atoms with Crippen LogP contribution < -0.4 is 5.32 Å². The smallest absolute Gasteiger partial charge is 0.250 e. The van der Waals surface area contributed by atoms with E-state index < -0.39 is 0 Å². The normalized spacial score (nSPS) is 14.9. The van der Waals surface area contributed by atoms with E-state index >= 15 is 0 Å². The fourth-order valence-corrected chi connectivity index (χ4v) is 2.40. The largest absolute Gasteiger partial charge is 0.349 e. The predicted octanol–water partition coefficient (Wildman–Crippen LogP) is 2.85. The summed E-state index contributed by atoms with van der Waals surface area (Å²) in [6, 6.07) is 7.36. The van der Waals surface area contributed by atoms with Crippen molar-refractivity contribution >= 4 is 40.9 Å². The molecule has 0 spiro atoms. The van der Waals surface area contributed by atoms with Crippen LogP contribution in [0, 0.1) is 0 Å². The molecule has 0 aliphatic carbocycles. The molecular weight excluding hydrogens is 280 g/mol. The molecule has 0 unspecified atom stereocenters. The minimum atomic E-state index is -0.225.